The molecule has 1 atom stereocenters. The van der Waals surface area contributed by atoms with Gasteiger partial charge in [0.1, 0.15) is 18.9 Å². The smallest absolute Gasteiger partial charge is 0.271 e. The number of nitrogens with zero attached hydrogens (tertiary/aromatic N) is 2. The molecule has 5 rings (SSSR count). The average molecular weight is 379 g/mol. The van der Waals surface area contributed by atoms with Crippen LogP contribution in [0.4, 0.5) is 5.69 Å². The maximum absolute atomic E-state index is 11.9. The van der Waals surface area contributed by atoms with Gasteiger partial charge in [0, 0.05) is 12.0 Å². The van der Waals surface area contributed by atoms with Crippen LogP contribution < -0.4 is 14.4 Å². The lowest BCUT2D eigenvalue weighted by Gasteiger charge is -2.26. The molecular formula is C23H27N2O3+. The van der Waals surface area contributed by atoms with Crippen LogP contribution in [-0.4, -0.2) is 41.8 Å². The fourth-order valence-electron chi connectivity index (χ4n) is 4.58. The number of hydrogen-bond acceptors (Lipinski definition) is 4. The first-order chi connectivity index (χ1) is 13.7. The number of β-amino-alcohol motifs (C(OH)–C–C–N with tert-alkyl or cyclic N) is 1. The molecule has 5 heteroatoms. The molecule has 0 saturated carbocycles. The van der Waals surface area contributed by atoms with E-state index in [4.69, 9.17) is 9.47 Å². The Labute approximate surface area is 165 Å². The summed E-state index contributed by atoms with van der Waals surface area (Å²) in [5.74, 6) is 2.70. The molecule has 0 amide bonds. The second-order valence-corrected chi connectivity index (χ2v) is 7.81. The molecule has 3 heterocycles. The zero-order chi connectivity index (χ0) is 19.1. The minimum Gasteiger partial charge on any atom is -0.486 e. The van der Waals surface area contributed by atoms with E-state index in [2.05, 4.69) is 40.7 Å². The second kappa shape index (κ2) is 6.82. The Balaban J connectivity index is 1.55. The predicted molar refractivity (Wildman–Crippen MR) is 108 cm³/mol. The van der Waals surface area contributed by atoms with Crippen molar-refractivity contribution in [2.24, 2.45) is 0 Å². The van der Waals surface area contributed by atoms with Crippen molar-refractivity contribution in [3.8, 4) is 11.5 Å². The molecule has 0 fully saturated rings. The fourth-order valence-corrected chi connectivity index (χ4v) is 4.58. The highest BCUT2D eigenvalue weighted by Gasteiger charge is 2.52. The van der Waals surface area contributed by atoms with Crippen molar-refractivity contribution in [1.82, 2.24) is 0 Å². The van der Waals surface area contributed by atoms with Gasteiger partial charge in [0.15, 0.2) is 18.0 Å². The van der Waals surface area contributed by atoms with E-state index in [9.17, 15) is 5.11 Å². The summed E-state index contributed by atoms with van der Waals surface area (Å²) in [6, 6.07) is 14.6. The number of ether oxygens (including phenoxy) is 2. The molecule has 3 aliphatic heterocycles. The van der Waals surface area contributed by atoms with Crippen LogP contribution in [0.1, 0.15) is 37.3 Å². The number of anilines is 1. The molecule has 0 aromatic heterocycles. The van der Waals surface area contributed by atoms with E-state index in [-0.39, 0.29) is 0 Å². The van der Waals surface area contributed by atoms with Crippen LogP contribution in [0.5, 0.6) is 11.5 Å². The molecule has 1 N–H and O–H groups in total. The number of fused-ring (bicyclic) bond motifs is 1. The Morgan fingerprint density at radius 1 is 1.04 bits per heavy atom. The number of aliphatic hydroxyl groups is 1. The molecule has 0 aliphatic carbocycles. The van der Waals surface area contributed by atoms with Gasteiger partial charge >= 0.3 is 0 Å². The van der Waals surface area contributed by atoms with Crippen LogP contribution in [0.25, 0.3) is 0 Å². The minimum atomic E-state index is -1.06. The summed E-state index contributed by atoms with van der Waals surface area (Å²) in [6.45, 7) is 4.68. The van der Waals surface area contributed by atoms with Crippen molar-refractivity contribution in [3.63, 3.8) is 0 Å². The molecule has 146 valence electrons. The normalized spacial score (nSPS) is 23.7. The van der Waals surface area contributed by atoms with Crippen molar-refractivity contribution in [1.29, 1.82) is 0 Å². The number of aryl methyl sites for hydroxylation is 1. The van der Waals surface area contributed by atoms with Gasteiger partial charge in [-0.15, -0.1) is 0 Å². The van der Waals surface area contributed by atoms with Crippen LogP contribution in [0.3, 0.4) is 0 Å². The topological polar surface area (TPSA) is 44.9 Å². The Kier molecular flexibility index (Phi) is 4.27. The summed E-state index contributed by atoms with van der Waals surface area (Å²) in [7, 11) is 0. The van der Waals surface area contributed by atoms with Crippen molar-refractivity contribution in [3.05, 3.63) is 53.6 Å². The van der Waals surface area contributed by atoms with E-state index in [0.717, 1.165) is 55.0 Å². The summed E-state index contributed by atoms with van der Waals surface area (Å²) in [4.78, 5) is 2.29. The van der Waals surface area contributed by atoms with Gasteiger partial charge in [-0.25, -0.2) is 9.48 Å². The van der Waals surface area contributed by atoms with Crippen molar-refractivity contribution in [2.75, 3.05) is 31.2 Å². The first-order valence-electron chi connectivity index (χ1n) is 10.3. The van der Waals surface area contributed by atoms with Crippen LogP contribution in [0, 0.1) is 0 Å². The lowest BCUT2D eigenvalue weighted by molar-refractivity contribution is -0.661. The largest absolute Gasteiger partial charge is 0.486 e. The first-order valence-corrected chi connectivity index (χ1v) is 10.3. The lowest BCUT2D eigenvalue weighted by Crippen LogP contribution is -2.41. The molecule has 0 bridgehead atoms. The van der Waals surface area contributed by atoms with E-state index in [1.165, 1.54) is 11.4 Å². The standard InChI is InChI=1S/C23H27N2O3/c1-2-17-6-9-19(10-7-17)24-16-23(26,25-12-4-3-5-22(24)25)18-8-11-20-21(15-18)28-14-13-27-20/h6-11,15,26H,2-5,12-14,16H2,1H3/q+1/t23-/m1/s1. The third-order valence-electron chi connectivity index (χ3n) is 6.14. The van der Waals surface area contributed by atoms with E-state index >= 15 is 0 Å². The number of hydrogen-bond donors (Lipinski definition) is 1. The summed E-state index contributed by atoms with van der Waals surface area (Å²) >= 11 is 0. The molecule has 3 aliphatic rings. The molecule has 0 saturated heterocycles. The maximum atomic E-state index is 11.9. The third kappa shape index (κ3) is 2.76. The highest BCUT2D eigenvalue weighted by atomic mass is 16.6. The van der Waals surface area contributed by atoms with Crippen LogP contribution in [-0.2, 0) is 12.1 Å². The fraction of sp³-hybridized carbons (Fsp3) is 0.435. The van der Waals surface area contributed by atoms with Crippen molar-refractivity contribution in [2.45, 2.75) is 38.3 Å². The van der Waals surface area contributed by atoms with Gasteiger partial charge in [-0.1, -0.05) is 19.1 Å². The summed E-state index contributed by atoms with van der Waals surface area (Å²) in [5, 5.41) is 11.9. The third-order valence-corrected chi connectivity index (χ3v) is 6.14. The zero-order valence-electron chi connectivity index (χ0n) is 16.4. The van der Waals surface area contributed by atoms with Gasteiger partial charge < -0.3 is 14.6 Å². The molecule has 2 aromatic rings. The van der Waals surface area contributed by atoms with E-state index in [1.54, 1.807) is 0 Å². The van der Waals surface area contributed by atoms with Crippen molar-refractivity contribution < 1.29 is 19.2 Å². The molecule has 0 unspecified atom stereocenters. The van der Waals surface area contributed by atoms with E-state index < -0.39 is 5.72 Å². The molecular weight excluding hydrogens is 352 g/mol. The maximum Gasteiger partial charge on any atom is 0.271 e. The van der Waals surface area contributed by atoms with E-state index in [0.29, 0.717) is 19.8 Å². The molecule has 5 nitrogen and oxygen atoms in total. The van der Waals surface area contributed by atoms with E-state index in [1.807, 2.05) is 18.2 Å². The summed E-state index contributed by atoms with van der Waals surface area (Å²) < 4.78 is 13.6. The molecule has 0 spiro atoms. The Morgan fingerprint density at radius 3 is 2.61 bits per heavy atom. The number of rotatable bonds is 3. The average Bonchev–Trinajstić information content (AvgIpc) is 3.08. The Morgan fingerprint density at radius 2 is 1.82 bits per heavy atom. The number of amidine groups is 1. The summed E-state index contributed by atoms with van der Waals surface area (Å²) in [5.41, 5.74) is 2.28. The highest BCUT2D eigenvalue weighted by molar-refractivity contribution is 5.96. The zero-order valence-corrected chi connectivity index (χ0v) is 16.4. The number of benzene rings is 2. The Hall–Kier alpha value is -2.53. The monoisotopic (exact) mass is 379 g/mol. The minimum absolute atomic E-state index is 0.521. The first kappa shape index (κ1) is 17.6. The van der Waals surface area contributed by atoms with Crippen molar-refractivity contribution >= 4 is 11.5 Å². The van der Waals surface area contributed by atoms with Gasteiger partial charge in [-0.2, -0.15) is 0 Å². The quantitative estimate of drug-likeness (QED) is 0.832. The van der Waals surface area contributed by atoms with Gasteiger partial charge in [-0.3, -0.25) is 0 Å². The SMILES string of the molecule is CCc1ccc(N2C[C@@](O)(c3ccc4c(c3)OCCO4)[N+]3=C2CCCC3)cc1. The van der Waals surface area contributed by atoms with Gasteiger partial charge in [-0.05, 0) is 55.2 Å². The van der Waals surface area contributed by atoms with Gasteiger partial charge in [0.05, 0.1) is 6.54 Å². The second-order valence-electron chi connectivity index (χ2n) is 7.81. The molecule has 2 aromatic carbocycles. The van der Waals surface area contributed by atoms with Crippen LogP contribution in [0.15, 0.2) is 42.5 Å². The predicted octanol–water partition coefficient (Wildman–Crippen LogP) is 3.28. The molecule has 0 radical (unpaired) electrons. The molecule has 28 heavy (non-hydrogen) atoms. The highest BCUT2D eigenvalue weighted by Crippen LogP contribution is 2.39. The van der Waals surface area contributed by atoms with Gasteiger partial charge in [0.25, 0.3) is 11.6 Å². The van der Waals surface area contributed by atoms with Gasteiger partial charge in [0.2, 0.25) is 0 Å². The lowest BCUT2D eigenvalue weighted by atomic mass is 10.0. The van der Waals surface area contributed by atoms with Crippen LogP contribution in [0.2, 0.25) is 0 Å². The Bertz CT molecular complexity index is 922. The van der Waals surface area contributed by atoms with Crippen LogP contribution >= 0.6 is 0 Å². The summed E-state index contributed by atoms with van der Waals surface area (Å²) in [6.07, 6.45) is 4.28.